The first-order valence-electron chi connectivity index (χ1n) is 11.1. The normalized spacial score (nSPS) is 14.7. The number of hydrogen-bond acceptors (Lipinski definition) is 6. The van der Waals surface area contributed by atoms with Gasteiger partial charge in [-0.1, -0.05) is 19.9 Å². The summed E-state index contributed by atoms with van der Waals surface area (Å²) in [6.45, 7) is 7.66. The molecule has 7 nitrogen and oxygen atoms in total. The largest absolute Gasteiger partial charge is 0.492 e. The Labute approximate surface area is 192 Å². The van der Waals surface area contributed by atoms with Crippen molar-refractivity contribution in [2.45, 2.75) is 44.4 Å². The van der Waals surface area contributed by atoms with Crippen LogP contribution < -0.4 is 14.4 Å². The van der Waals surface area contributed by atoms with Crippen LogP contribution >= 0.6 is 0 Å². The zero-order chi connectivity index (χ0) is 23.8. The van der Waals surface area contributed by atoms with Crippen molar-refractivity contribution in [3.05, 3.63) is 53.5 Å². The predicted molar refractivity (Wildman–Crippen MR) is 124 cm³/mol. The van der Waals surface area contributed by atoms with Gasteiger partial charge in [0, 0.05) is 30.9 Å². The predicted octanol–water partition coefficient (Wildman–Crippen LogP) is 4.81. The molecule has 1 unspecified atom stereocenters. The number of carbonyl (C=O) groups excluding carboxylic acids is 1. The van der Waals surface area contributed by atoms with E-state index < -0.39 is 21.7 Å². The number of halogens is 1. The summed E-state index contributed by atoms with van der Waals surface area (Å²) in [5, 5.41) is 0.121. The molecule has 0 spiro atoms. The van der Waals surface area contributed by atoms with Gasteiger partial charge in [-0.05, 0) is 49.4 Å². The molecule has 0 bridgehead atoms. The molecule has 2 heterocycles. The quantitative estimate of drug-likeness (QED) is 0.504. The molecular formula is C24H27FN2O5S. The summed E-state index contributed by atoms with van der Waals surface area (Å²) in [7, 11) is -4.28. The lowest BCUT2D eigenvalue weighted by atomic mass is 9.99. The highest BCUT2D eigenvalue weighted by Crippen LogP contribution is 2.32. The number of fused-ring (bicyclic) bond motifs is 1. The summed E-state index contributed by atoms with van der Waals surface area (Å²) in [6.07, 6.45) is 1.86. The zero-order valence-corrected chi connectivity index (χ0v) is 19.7. The van der Waals surface area contributed by atoms with E-state index in [1.165, 1.54) is 18.2 Å². The van der Waals surface area contributed by atoms with E-state index in [-0.39, 0.29) is 39.9 Å². The standard InChI is InChI=1S/C24H27FN2O5S/c1-4-15(3)16-7-8-20(31-5-2)23(11-16)33(29,30)26-24(28)22-14-18-19(25)12-17(13-21(18)32-22)27-9-6-10-27/h7-8,11-15H,4-6,9-10H2,1-3H3,(H,26,28). The van der Waals surface area contributed by atoms with E-state index in [0.29, 0.717) is 5.69 Å². The third-order valence-corrected chi connectivity index (χ3v) is 7.33. The molecule has 4 rings (SSSR count). The summed E-state index contributed by atoms with van der Waals surface area (Å²) in [4.78, 5) is 14.7. The van der Waals surface area contributed by atoms with Crippen LogP contribution in [0, 0.1) is 5.82 Å². The fourth-order valence-corrected chi connectivity index (χ4v) is 4.87. The molecule has 1 saturated heterocycles. The molecule has 1 aliphatic heterocycles. The van der Waals surface area contributed by atoms with Gasteiger partial charge in [-0.15, -0.1) is 0 Å². The van der Waals surface area contributed by atoms with Crippen LogP contribution in [0.25, 0.3) is 11.0 Å². The van der Waals surface area contributed by atoms with Crippen LogP contribution in [0.2, 0.25) is 0 Å². The Bertz CT molecular complexity index is 1300. The SMILES string of the molecule is CCOc1ccc(C(C)CC)cc1S(=O)(=O)NC(=O)c1cc2c(F)cc(N3CCC3)cc2o1. The van der Waals surface area contributed by atoms with Gasteiger partial charge in [0.2, 0.25) is 0 Å². The van der Waals surface area contributed by atoms with Gasteiger partial charge in [0.15, 0.2) is 5.76 Å². The second-order valence-corrected chi connectivity index (χ2v) is 9.82. The number of amides is 1. The molecule has 1 fully saturated rings. The van der Waals surface area contributed by atoms with Gasteiger partial charge in [-0.3, -0.25) is 4.79 Å². The maximum atomic E-state index is 14.6. The molecule has 0 radical (unpaired) electrons. The van der Waals surface area contributed by atoms with Gasteiger partial charge < -0.3 is 14.1 Å². The van der Waals surface area contributed by atoms with Crippen molar-refractivity contribution in [3.63, 3.8) is 0 Å². The highest BCUT2D eigenvalue weighted by Gasteiger charge is 2.27. The fraction of sp³-hybridized carbons (Fsp3) is 0.375. The Hall–Kier alpha value is -3.07. The smallest absolute Gasteiger partial charge is 0.300 e. The molecule has 0 saturated carbocycles. The molecule has 1 atom stereocenters. The minimum Gasteiger partial charge on any atom is -0.492 e. The first kappa shape index (κ1) is 23.1. The number of ether oxygens (including phenoxy) is 1. The molecule has 9 heteroatoms. The highest BCUT2D eigenvalue weighted by atomic mass is 32.2. The van der Waals surface area contributed by atoms with E-state index in [1.807, 2.05) is 29.5 Å². The molecule has 1 N–H and O–H groups in total. The van der Waals surface area contributed by atoms with Crippen molar-refractivity contribution in [2.24, 2.45) is 0 Å². The third-order valence-electron chi connectivity index (χ3n) is 5.98. The molecule has 0 aliphatic carbocycles. The lowest BCUT2D eigenvalue weighted by molar-refractivity contribution is 0.0956. The Morgan fingerprint density at radius 2 is 1.97 bits per heavy atom. The first-order chi connectivity index (χ1) is 15.7. The van der Waals surface area contributed by atoms with Gasteiger partial charge >= 0.3 is 5.91 Å². The van der Waals surface area contributed by atoms with Gasteiger partial charge in [0.05, 0.1) is 12.0 Å². The summed E-state index contributed by atoms with van der Waals surface area (Å²) in [5.74, 6) is -1.51. The van der Waals surface area contributed by atoms with Gasteiger partial charge in [-0.2, -0.15) is 0 Å². The molecule has 33 heavy (non-hydrogen) atoms. The number of rotatable bonds is 8. The van der Waals surface area contributed by atoms with Crippen LogP contribution in [0.15, 0.2) is 45.7 Å². The van der Waals surface area contributed by atoms with Crippen molar-refractivity contribution < 1.29 is 26.8 Å². The van der Waals surface area contributed by atoms with E-state index in [1.54, 1.807) is 19.1 Å². The number of sulfonamides is 1. The number of benzene rings is 2. The fourth-order valence-electron chi connectivity index (χ4n) is 3.73. The Morgan fingerprint density at radius 1 is 1.21 bits per heavy atom. The van der Waals surface area contributed by atoms with Gasteiger partial charge in [0.1, 0.15) is 22.0 Å². The van der Waals surface area contributed by atoms with Crippen LogP contribution in [-0.2, 0) is 10.0 Å². The second-order valence-electron chi connectivity index (χ2n) is 8.17. The van der Waals surface area contributed by atoms with Crippen molar-refractivity contribution in [2.75, 3.05) is 24.6 Å². The minimum absolute atomic E-state index is 0.121. The number of carbonyl (C=O) groups is 1. The van der Waals surface area contributed by atoms with Crippen molar-refractivity contribution >= 4 is 32.6 Å². The van der Waals surface area contributed by atoms with E-state index in [0.717, 1.165) is 31.5 Å². The van der Waals surface area contributed by atoms with Gasteiger partial charge in [-0.25, -0.2) is 17.5 Å². The molecule has 176 valence electrons. The van der Waals surface area contributed by atoms with Crippen LogP contribution in [0.5, 0.6) is 5.75 Å². The van der Waals surface area contributed by atoms with E-state index in [2.05, 4.69) is 0 Å². The van der Waals surface area contributed by atoms with Crippen LogP contribution in [0.3, 0.4) is 0 Å². The van der Waals surface area contributed by atoms with E-state index >= 15 is 0 Å². The maximum Gasteiger partial charge on any atom is 0.300 e. The van der Waals surface area contributed by atoms with Crippen LogP contribution in [-0.4, -0.2) is 34.0 Å². The number of nitrogens with zero attached hydrogens (tertiary/aromatic N) is 1. The molecular weight excluding hydrogens is 447 g/mol. The lowest BCUT2D eigenvalue weighted by Crippen LogP contribution is -2.36. The van der Waals surface area contributed by atoms with E-state index in [9.17, 15) is 17.6 Å². The van der Waals surface area contributed by atoms with Crippen molar-refractivity contribution in [1.29, 1.82) is 0 Å². The number of furan rings is 1. The Kier molecular flexibility index (Phi) is 6.34. The molecule has 2 aromatic carbocycles. The second kappa shape index (κ2) is 9.05. The molecule has 1 aliphatic rings. The molecule has 3 aromatic rings. The van der Waals surface area contributed by atoms with Crippen molar-refractivity contribution in [3.8, 4) is 5.75 Å². The van der Waals surface area contributed by atoms with Crippen molar-refractivity contribution in [1.82, 2.24) is 4.72 Å². The van der Waals surface area contributed by atoms with Gasteiger partial charge in [0.25, 0.3) is 10.0 Å². The summed E-state index contributed by atoms with van der Waals surface area (Å²) >= 11 is 0. The van der Waals surface area contributed by atoms with E-state index in [4.69, 9.17) is 9.15 Å². The molecule has 1 aromatic heterocycles. The monoisotopic (exact) mass is 474 g/mol. The number of anilines is 1. The summed E-state index contributed by atoms with van der Waals surface area (Å²) in [5.41, 5.74) is 1.68. The summed E-state index contributed by atoms with van der Waals surface area (Å²) < 4.78 is 53.9. The minimum atomic E-state index is -4.28. The Morgan fingerprint density at radius 3 is 2.61 bits per heavy atom. The number of nitrogens with one attached hydrogen (secondary N) is 1. The average molecular weight is 475 g/mol. The average Bonchev–Trinajstić information content (AvgIpc) is 3.17. The summed E-state index contributed by atoms with van der Waals surface area (Å²) in [6, 6.07) is 9.20. The molecule has 1 amide bonds. The van der Waals surface area contributed by atoms with Crippen LogP contribution in [0.1, 0.15) is 55.6 Å². The zero-order valence-electron chi connectivity index (χ0n) is 18.9. The Balaban J connectivity index is 1.65. The number of hydrogen-bond donors (Lipinski definition) is 1. The topological polar surface area (TPSA) is 88.8 Å². The maximum absolute atomic E-state index is 14.6. The third kappa shape index (κ3) is 4.55. The highest BCUT2D eigenvalue weighted by molar-refractivity contribution is 7.90. The first-order valence-corrected chi connectivity index (χ1v) is 12.5. The lowest BCUT2D eigenvalue weighted by Gasteiger charge is -2.33. The van der Waals surface area contributed by atoms with Crippen LogP contribution in [0.4, 0.5) is 10.1 Å².